The predicted molar refractivity (Wildman–Crippen MR) is 136 cm³/mol. The lowest BCUT2D eigenvalue weighted by Crippen LogP contribution is -2.40. The van der Waals surface area contributed by atoms with Crippen LogP contribution in [0.3, 0.4) is 0 Å². The lowest BCUT2D eigenvalue weighted by Gasteiger charge is -2.31. The maximum atomic E-state index is 13.9. The highest BCUT2D eigenvalue weighted by atomic mass is 19.1. The number of hydrogen-bond acceptors (Lipinski definition) is 6. The first-order chi connectivity index (χ1) is 17.7. The first-order valence-corrected chi connectivity index (χ1v) is 12.1. The number of pyridine rings is 1. The molecule has 0 fully saturated rings. The van der Waals surface area contributed by atoms with Gasteiger partial charge < -0.3 is 19.9 Å². The van der Waals surface area contributed by atoms with E-state index in [0.717, 1.165) is 33.9 Å². The number of fused-ring (bicyclic) bond motifs is 2. The minimum atomic E-state index is -0.609. The number of halogens is 2. The predicted octanol–water partition coefficient (Wildman–Crippen LogP) is 5.25. The summed E-state index contributed by atoms with van der Waals surface area (Å²) in [7, 11) is 0. The molecule has 10 heteroatoms. The van der Waals surface area contributed by atoms with Crippen LogP contribution in [0.15, 0.2) is 42.9 Å². The van der Waals surface area contributed by atoms with Gasteiger partial charge in [0.25, 0.3) is 0 Å². The number of benzene rings is 1. The SMILES string of the molecule is CC(C)(C)OC(=O)N1CCc2nc(-c3cncc(F)c3)nc(NCCc3c[nH]c4ccc(F)cc34)c2C1. The van der Waals surface area contributed by atoms with Crippen LogP contribution in [0.25, 0.3) is 22.3 Å². The number of aromatic amines is 1. The Labute approximate surface area is 213 Å². The zero-order valence-corrected chi connectivity index (χ0v) is 20.9. The standard InChI is InChI=1S/C27H28F2N6O2/c1-27(2,3)37-26(36)35-9-7-23-21(15-35)25(34-24(33-23)17-10-19(29)14-30-12-17)31-8-6-16-13-32-22-5-4-18(28)11-20(16)22/h4-5,10-14,32H,6-9,15H2,1-3H3,(H,31,33,34). The molecule has 0 unspecified atom stereocenters. The summed E-state index contributed by atoms with van der Waals surface area (Å²) in [5.41, 5.74) is 3.26. The Morgan fingerprint density at radius 1 is 1.16 bits per heavy atom. The van der Waals surface area contributed by atoms with Crippen molar-refractivity contribution in [2.45, 2.75) is 45.8 Å². The van der Waals surface area contributed by atoms with Gasteiger partial charge in [0.2, 0.25) is 0 Å². The number of hydrogen-bond donors (Lipinski definition) is 2. The van der Waals surface area contributed by atoms with E-state index in [1.54, 1.807) is 11.0 Å². The molecule has 4 aromatic rings. The molecule has 5 rings (SSSR count). The van der Waals surface area contributed by atoms with Crippen LogP contribution in [0, 0.1) is 11.6 Å². The molecule has 0 atom stereocenters. The second kappa shape index (κ2) is 9.76. The third-order valence-corrected chi connectivity index (χ3v) is 6.09. The van der Waals surface area contributed by atoms with E-state index in [0.29, 0.717) is 43.1 Å². The summed E-state index contributed by atoms with van der Waals surface area (Å²) in [6, 6.07) is 6.00. The van der Waals surface area contributed by atoms with Crippen molar-refractivity contribution in [3.05, 3.63) is 71.3 Å². The van der Waals surface area contributed by atoms with Crippen LogP contribution in [-0.2, 0) is 24.1 Å². The normalized spacial score (nSPS) is 13.5. The highest BCUT2D eigenvalue weighted by molar-refractivity contribution is 5.83. The second-order valence-corrected chi connectivity index (χ2v) is 10.0. The van der Waals surface area contributed by atoms with Gasteiger partial charge in [-0.2, -0.15) is 0 Å². The number of nitrogens with one attached hydrogen (secondary N) is 2. The molecule has 0 saturated carbocycles. The molecule has 1 aromatic carbocycles. The van der Waals surface area contributed by atoms with Gasteiger partial charge in [0.1, 0.15) is 23.1 Å². The molecule has 0 aliphatic carbocycles. The van der Waals surface area contributed by atoms with Gasteiger partial charge in [-0.1, -0.05) is 0 Å². The number of H-pyrrole nitrogens is 1. The molecule has 0 radical (unpaired) electrons. The van der Waals surface area contributed by atoms with E-state index in [4.69, 9.17) is 4.74 Å². The molecule has 4 heterocycles. The van der Waals surface area contributed by atoms with Crippen LogP contribution in [0.1, 0.15) is 37.6 Å². The fraction of sp³-hybridized carbons (Fsp3) is 0.333. The van der Waals surface area contributed by atoms with E-state index in [9.17, 15) is 13.6 Å². The average Bonchev–Trinajstić information content (AvgIpc) is 3.24. The Hall–Kier alpha value is -4.08. The van der Waals surface area contributed by atoms with E-state index >= 15 is 0 Å². The molecule has 0 spiro atoms. The third kappa shape index (κ3) is 5.52. The zero-order valence-electron chi connectivity index (χ0n) is 20.9. The number of anilines is 1. The van der Waals surface area contributed by atoms with E-state index in [2.05, 4.69) is 25.3 Å². The van der Waals surface area contributed by atoms with Crippen LogP contribution in [0.5, 0.6) is 0 Å². The number of aromatic nitrogens is 4. The van der Waals surface area contributed by atoms with Crippen LogP contribution in [0.2, 0.25) is 0 Å². The van der Waals surface area contributed by atoms with Crippen molar-refractivity contribution in [2.75, 3.05) is 18.4 Å². The topological polar surface area (TPSA) is 96.0 Å². The van der Waals surface area contributed by atoms with Crippen molar-refractivity contribution in [3.8, 4) is 11.4 Å². The van der Waals surface area contributed by atoms with Crippen molar-refractivity contribution >= 4 is 22.8 Å². The minimum Gasteiger partial charge on any atom is -0.444 e. The molecule has 2 N–H and O–H groups in total. The number of carbonyl (C=O) groups is 1. The molecular weight excluding hydrogens is 478 g/mol. The molecule has 37 heavy (non-hydrogen) atoms. The molecule has 1 aliphatic rings. The van der Waals surface area contributed by atoms with Gasteiger partial charge in [-0.15, -0.1) is 0 Å². The van der Waals surface area contributed by atoms with Gasteiger partial charge in [-0.3, -0.25) is 4.98 Å². The fourth-order valence-electron chi connectivity index (χ4n) is 4.38. The van der Waals surface area contributed by atoms with Crippen molar-refractivity contribution in [1.82, 2.24) is 24.8 Å². The molecule has 8 nitrogen and oxygen atoms in total. The largest absolute Gasteiger partial charge is 0.444 e. The lowest BCUT2D eigenvalue weighted by atomic mass is 10.1. The summed E-state index contributed by atoms with van der Waals surface area (Å²) in [6.45, 7) is 6.71. The summed E-state index contributed by atoms with van der Waals surface area (Å²) in [4.78, 5) is 30.8. The Morgan fingerprint density at radius 3 is 2.78 bits per heavy atom. The fourth-order valence-corrected chi connectivity index (χ4v) is 4.38. The molecule has 0 bridgehead atoms. The van der Waals surface area contributed by atoms with Gasteiger partial charge >= 0.3 is 6.09 Å². The maximum Gasteiger partial charge on any atom is 0.410 e. The van der Waals surface area contributed by atoms with Crippen molar-refractivity contribution in [2.24, 2.45) is 0 Å². The van der Waals surface area contributed by atoms with Gasteiger partial charge in [0.05, 0.1) is 18.4 Å². The molecule has 1 aliphatic heterocycles. The second-order valence-electron chi connectivity index (χ2n) is 10.0. The van der Waals surface area contributed by atoms with Crippen molar-refractivity contribution < 1.29 is 18.3 Å². The van der Waals surface area contributed by atoms with Crippen LogP contribution >= 0.6 is 0 Å². The Bertz CT molecular complexity index is 1460. The van der Waals surface area contributed by atoms with E-state index in [-0.39, 0.29) is 12.4 Å². The van der Waals surface area contributed by atoms with Gasteiger partial charge in [0, 0.05) is 53.9 Å². The van der Waals surface area contributed by atoms with Gasteiger partial charge in [-0.25, -0.2) is 23.5 Å². The lowest BCUT2D eigenvalue weighted by molar-refractivity contribution is 0.0223. The number of ether oxygens (including phenoxy) is 1. The Kier molecular flexibility index (Phi) is 6.49. The van der Waals surface area contributed by atoms with Gasteiger partial charge in [0.15, 0.2) is 5.82 Å². The van der Waals surface area contributed by atoms with Crippen LogP contribution in [0.4, 0.5) is 19.4 Å². The number of amides is 1. The highest BCUT2D eigenvalue weighted by Crippen LogP contribution is 2.29. The summed E-state index contributed by atoms with van der Waals surface area (Å²) in [6.07, 6.45) is 5.23. The van der Waals surface area contributed by atoms with Crippen LogP contribution < -0.4 is 5.32 Å². The van der Waals surface area contributed by atoms with Gasteiger partial charge in [-0.05, 0) is 57.0 Å². The smallest absolute Gasteiger partial charge is 0.410 e. The molecule has 192 valence electrons. The third-order valence-electron chi connectivity index (χ3n) is 6.09. The number of carbonyl (C=O) groups excluding carboxylic acids is 1. The Balaban J connectivity index is 1.43. The molecule has 1 amide bonds. The molecular formula is C27H28F2N6O2. The monoisotopic (exact) mass is 506 g/mol. The minimum absolute atomic E-state index is 0.284. The molecule has 3 aromatic heterocycles. The van der Waals surface area contributed by atoms with Crippen LogP contribution in [-0.4, -0.2) is 49.6 Å². The zero-order chi connectivity index (χ0) is 26.2. The maximum absolute atomic E-state index is 13.9. The first-order valence-electron chi connectivity index (χ1n) is 12.1. The van der Waals surface area contributed by atoms with E-state index in [1.165, 1.54) is 24.4 Å². The summed E-state index contributed by atoms with van der Waals surface area (Å²) in [5.74, 6) is 0.148. The average molecular weight is 507 g/mol. The summed E-state index contributed by atoms with van der Waals surface area (Å²) < 4.78 is 33.2. The Morgan fingerprint density at radius 2 is 2.00 bits per heavy atom. The number of nitrogens with zero attached hydrogens (tertiary/aromatic N) is 4. The first kappa shape index (κ1) is 24.6. The van der Waals surface area contributed by atoms with Crippen molar-refractivity contribution in [3.63, 3.8) is 0 Å². The highest BCUT2D eigenvalue weighted by Gasteiger charge is 2.29. The molecule has 0 saturated heterocycles. The number of rotatable bonds is 5. The quantitative estimate of drug-likeness (QED) is 0.384. The van der Waals surface area contributed by atoms with Crippen molar-refractivity contribution in [1.29, 1.82) is 0 Å². The van der Waals surface area contributed by atoms with E-state index in [1.807, 2.05) is 27.0 Å². The summed E-state index contributed by atoms with van der Waals surface area (Å²) in [5, 5.41) is 4.20. The summed E-state index contributed by atoms with van der Waals surface area (Å²) >= 11 is 0. The van der Waals surface area contributed by atoms with E-state index < -0.39 is 17.5 Å².